The summed E-state index contributed by atoms with van der Waals surface area (Å²) < 4.78 is 7.18. The molecule has 2 rings (SSSR count). The van der Waals surface area contributed by atoms with Gasteiger partial charge < -0.3 is 14.6 Å². The summed E-state index contributed by atoms with van der Waals surface area (Å²) in [6, 6.07) is 7.07. The van der Waals surface area contributed by atoms with Crippen LogP contribution in [0.3, 0.4) is 0 Å². The zero-order valence-corrected chi connectivity index (χ0v) is 13.8. The lowest BCUT2D eigenvalue weighted by Crippen LogP contribution is -2.43. The van der Waals surface area contributed by atoms with Crippen molar-refractivity contribution in [1.82, 2.24) is 9.88 Å². The third-order valence-electron chi connectivity index (χ3n) is 3.18. The van der Waals surface area contributed by atoms with Gasteiger partial charge in [-0.25, -0.2) is 0 Å². The predicted molar refractivity (Wildman–Crippen MR) is 91.8 cm³/mol. The number of carbonyl (C=O) groups is 1. The average Bonchev–Trinajstić information content (AvgIpc) is 2.46. The van der Waals surface area contributed by atoms with Crippen molar-refractivity contribution in [2.24, 2.45) is 0 Å². The largest absolute Gasteiger partial charge is 0.483 e. The maximum absolute atomic E-state index is 12.4. The van der Waals surface area contributed by atoms with Gasteiger partial charge in [0.05, 0.1) is 5.39 Å². The minimum absolute atomic E-state index is 0.0911. The first-order valence-corrected chi connectivity index (χ1v) is 7.49. The fourth-order valence-corrected chi connectivity index (χ4v) is 2.30. The van der Waals surface area contributed by atoms with Gasteiger partial charge in [-0.15, -0.1) is 6.58 Å². The summed E-state index contributed by atoms with van der Waals surface area (Å²) in [5.74, 6) is 0.323. The summed E-state index contributed by atoms with van der Waals surface area (Å²) in [5.41, 5.74) is -0.413. The fraction of sp³-hybridized carbons (Fsp3) is 0.333. The van der Waals surface area contributed by atoms with Crippen LogP contribution in [0.5, 0.6) is 5.75 Å². The molecular formula is C18H22N2O3. The normalized spacial score (nSPS) is 11.3. The molecule has 1 aromatic carbocycles. The highest BCUT2D eigenvalue weighted by Gasteiger charge is 2.14. The van der Waals surface area contributed by atoms with Gasteiger partial charge >= 0.3 is 0 Å². The summed E-state index contributed by atoms with van der Waals surface area (Å²) in [6.07, 6.45) is 3.37. The smallest absolute Gasteiger partial charge is 0.258 e. The van der Waals surface area contributed by atoms with Crippen LogP contribution in [0.1, 0.15) is 20.8 Å². The van der Waals surface area contributed by atoms with Crippen LogP contribution in [-0.4, -0.2) is 22.6 Å². The molecule has 23 heavy (non-hydrogen) atoms. The first-order chi connectivity index (χ1) is 10.8. The van der Waals surface area contributed by atoms with Crippen LogP contribution in [0.4, 0.5) is 0 Å². The van der Waals surface area contributed by atoms with Gasteiger partial charge in [-0.05, 0) is 39.0 Å². The Morgan fingerprint density at radius 3 is 2.70 bits per heavy atom. The first kappa shape index (κ1) is 16.8. The van der Waals surface area contributed by atoms with Gasteiger partial charge in [-0.3, -0.25) is 9.59 Å². The Morgan fingerprint density at radius 1 is 1.30 bits per heavy atom. The quantitative estimate of drug-likeness (QED) is 0.863. The summed E-state index contributed by atoms with van der Waals surface area (Å²) in [6.45, 7) is 9.73. The molecule has 5 nitrogen and oxygen atoms in total. The van der Waals surface area contributed by atoms with E-state index in [-0.39, 0.29) is 23.6 Å². The molecule has 1 N–H and O–H groups in total. The highest BCUT2D eigenvalue weighted by molar-refractivity contribution is 5.88. The Morgan fingerprint density at radius 2 is 2.04 bits per heavy atom. The summed E-state index contributed by atoms with van der Waals surface area (Å²) in [5, 5.41) is 4.09. The maximum Gasteiger partial charge on any atom is 0.258 e. The lowest BCUT2D eigenvalue weighted by molar-refractivity contribution is -0.124. The number of amides is 1. The van der Waals surface area contributed by atoms with Gasteiger partial charge in [0.2, 0.25) is 0 Å². The van der Waals surface area contributed by atoms with E-state index < -0.39 is 0 Å². The van der Waals surface area contributed by atoms with Crippen molar-refractivity contribution in [2.45, 2.75) is 32.9 Å². The zero-order chi connectivity index (χ0) is 17.0. The van der Waals surface area contributed by atoms with Gasteiger partial charge in [0.25, 0.3) is 11.5 Å². The molecule has 0 spiro atoms. The number of aromatic nitrogens is 1. The van der Waals surface area contributed by atoms with E-state index in [4.69, 9.17) is 4.74 Å². The Balaban J connectivity index is 2.25. The van der Waals surface area contributed by atoms with E-state index in [9.17, 15) is 9.59 Å². The molecular weight excluding hydrogens is 292 g/mol. The van der Waals surface area contributed by atoms with Crippen LogP contribution in [0.2, 0.25) is 0 Å². The lowest BCUT2D eigenvalue weighted by Gasteiger charge is -2.20. The van der Waals surface area contributed by atoms with Gasteiger partial charge in [0, 0.05) is 23.7 Å². The number of fused-ring (bicyclic) bond motifs is 1. The molecule has 2 aromatic rings. The molecule has 1 aromatic heterocycles. The molecule has 1 heterocycles. The van der Waals surface area contributed by atoms with Crippen molar-refractivity contribution in [2.75, 3.05) is 6.61 Å². The number of allylic oxidation sites excluding steroid dienone is 1. The second-order valence-electron chi connectivity index (χ2n) is 6.37. The number of pyridine rings is 1. The molecule has 0 fully saturated rings. The van der Waals surface area contributed by atoms with E-state index in [1.54, 1.807) is 35.0 Å². The number of hydrogen-bond donors (Lipinski definition) is 1. The zero-order valence-electron chi connectivity index (χ0n) is 13.8. The molecule has 0 aliphatic carbocycles. The summed E-state index contributed by atoms with van der Waals surface area (Å²) in [7, 11) is 0. The molecule has 122 valence electrons. The van der Waals surface area contributed by atoms with Crippen molar-refractivity contribution >= 4 is 16.7 Å². The predicted octanol–water partition coefficient (Wildman–Crippen LogP) is 2.48. The molecule has 1 amide bonds. The standard InChI is InChI=1S/C18H22N2O3/c1-5-10-20-11-9-13-14(17(20)22)7-6-8-15(13)23-12-16(21)19-18(2,3)4/h5-9,11H,1,10,12H2,2-4H3,(H,19,21). The van der Waals surface area contributed by atoms with Gasteiger partial charge in [0.1, 0.15) is 5.75 Å². The topological polar surface area (TPSA) is 60.3 Å². The number of carbonyl (C=O) groups excluding carboxylic acids is 1. The number of nitrogens with one attached hydrogen (secondary N) is 1. The second kappa shape index (κ2) is 6.69. The molecule has 0 radical (unpaired) electrons. The van der Waals surface area contributed by atoms with Crippen molar-refractivity contribution in [3.63, 3.8) is 0 Å². The monoisotopic (exact) mass is 314 g/mol. The number of benzene rings is 1. The van der Waals surface area contributed by atoms with Crippen LogP contribution in [0, 0.1) is 0 Å². The van der Waals surface area contributed by atoms with Crippen molar-refractivity contribution in [3.8, 4) is 5.75 Å². The molecule has 0 unspecified atom stereocenters. The minimum Gasteiger partial charge on any atom is -0.483 e. The molecule has 0 aliphatic heterocycles. The van der Waals surface area contributed by atoms with Crippen LogP contribution >= 0.6 is 0 Å². The number of rotatable bonds is 5. The molecule has 0 aliphatic rings. The average molecular weight is 314 g/mol. The third kappa shape index (κ3) is 4.22. The highest BCUT2D eigenvalue weighted by atomic mass is 16.5. The Labute approximate surface area is 135 Å². The van der Waals surface area contributed by atoms with E-state index >= 15 is 0 Å². The van der Waals surface area contributed by atoms with Crippen LogP contribution in [0.15, 0.2) is 47.9 Å². The highest BCUT2D eigenvalue weighted by Crippen LogP contribution is 2.23. The lowest BCUT2D eigenvalue weighted by atomic mass is 10.1. The van der Waals surface area contributed by atoms with Crippen LogP contribution < -0.4 is 15.6 Å². The first-order valence-electron chi connectivity index (χ1n) is 7.49. The van der Waals surface area contributed by atoms with Crippen LogP contribution in [-0.2, 0) is 11.3 Å². The summed E-state index contributed by atoms with van der Waals surface area (Å²) >= 11 is 0. The molecule has 0 saturated heterocycles. The van der Waals surface area contributed by atoms with Crippen molar-refractivity contribution in [1.29, 1.82) is 0 Å². The van der Waals surface area contributed by atoms with Crippen molar-refractivity contribution in [3.05, 3.63) is 53.5 Å². The Hall–Kier alpha value is -2.56. The van der Waals surface area contributed by atoms with E-state index in [2.05, 4.69) is 11.9 Å². The van der Waals surface area contributed by atoms with Gasteiger partial charge in [-0.1, -0.05) is 12.1 Å². The van der Waals surface area contributed by atoms with E-state index in [0.29, 0.717) is 23.1 Å². The Kier molecular flexibility index (Phi) is 4.89. The number of ether oxygens (including phenoxy) is 1. The summed E-state index contributed by atoms with van der Waals surface area (Å²) in [4.78, 5) is 24.2. The Bertz CT molecular complexity index is 785. The molecule has 0 saturated carbocycles. The molecule has 5 heteroatoms. The number of nitrogens with zero attached hydrogens (tertiary/aromatic N) is 1. The van der Waals surface area contributed by atoms with E-state index in [1.807, 2.05) is 26.8 Å². The SMILES string of the molecule is C=CCn1ccc2c(OCC(=O)NC(C)(C)C)cccc2c1=O. The van der Waals surface area contributed by atoms with E-state index in [0.717, 1.165) is 0 Å². The van der Waals surface area contributed by atoms with Gasteiger partial charge in [0.15, 0.2) is 6.61 Å². The van der Waals surface area contributed by atoms with Crippen LogP contribution in [0.25, 0.3) is 10.8 Å². The second-order valence-corrected chi connectivity index (χ2v) is 6.37. The number of hydrogen-bond acceptors (Lipinski definition) is 3. The minimum atomic E-state index is -0.308. The molecule has 0 atom stereocenters. The van der Waals surface area contributed by atoms with Gasteiger partial charge in [-0.2, -0.15) is 0 Å². The van der Waals surface area contributed by atoms with E-state index in [1.165, 1.54) is 0 Å². The van der Waals surface area contributed by atoms with Crippen molar-refractivity contribution < 1.29 is 9.53 Å². The third-order valence-corrected chi connectivity index (χ3v) is 3.18. The molecule has 0 bridgehead atoms. The fourth-order valence-electron chi connectivity index (χ4n) is 2.30. The maximum atomic E-state index is 12.4.